The first-order valence-electron chi connectivity index (χ1n) is 11.6. The molecule has 1 aliphatic heterocycles. The van der Waals surface area contributed by atoms with Crippen LogP contribution >= 0.6 is 0 Å². The average molecular weight is 449 g/mol. The predicted molar refractivity (Wildman–Crippen MR) is 125 cm³/mol. The summed E-state index contributed by atoms with van der Waals surface area (Å²) < 4.78 is 31.6. The Kier molecular flexibility index (Phi) is 4.79. The highest BCUT2D eigenvalue weighted by molar-refractivity contribution is 5.89. The lowest BCUT2D eigenvalue weighted by molar-refractivity contribution is -0.0921. The quantitative estimate of drug-likeness (QED) is 0.480. The molecule has 4 heterocycles. The van der Waals surface area contributed by atoms with Crippen molar-refractivity contribution in [1.82, 2.24) is 24.5 Å². The maximum Gasteiger partial charge on any atom is 0.280 e. The van der Waals surface area contributed by atoms with Crippen molar-refractivity contribution in [3.05, 3.63) is 54.5 Å². The molecule has 1 aromatic carbocycles. The summed E-state index contributed by atoms with van der Waals surface area (Å²) in [6.45, 7) is 2.39. The second kappa shape index (κ2) is 7.73. The molecule has 170 valence electrons. The van der Waals surface area contributed by atoms with Crippen LogP contribution in [0.15, 0.2) is 48.8 Å². The monoisotopic (exact) mass is 448 g/mol. The van der Waals surface area contributed by atoms with Crippen LogP contribution in [0.5, 0.6) is 0 Å². The Morgan fingerprint density at radius 3 is 2.79 bits per heavy atom. The fourth-order valence-corrected chi connectivity index (χ4v) is 5.10. The lowest BCUT2D eigenvalue weighted by Gasteiger charge is -2.45. The third-order valence-corrected chi connectivity index (χ3v) is 7.12. The van der Waals surface area contributed by atoms with Crippen molar-refractivity contribution in [3.63, 3.8) is 0 Å². The first kappa shape index (κ1) is 20.5. The maximum atomic E-state index is 14.9. The Balaban J connectivity index is 1.27. The van der Waals surface area contributed by atoms with Gasteiger partial charge in [-0.1, -0.05) is 18.6 Å². The van der Waals surface area contributed by atoms with Crippen LogP contribution in [0, 0.1) is 6.92 Å². The molecular formula is C25H26F2N6. The predicted octanol–water partition coefficient (Wildman–Crippen LogP) is 4.93. The number of anilines is 1. The van der Waals surface area contributed by atoms with Gasteiger partial charge in [0, 0.05) is 35.9 Å². The van der Waals surface area contributed by atoms with E-state index in [-0.39, 0.29) is 12.5 Å². The zero-order valence-corrected chi connectivity index (χ0v) is 18.5. The van der Waals surface area contributed by atoms with E-state index in [2.05, 4.69) is 26.4 Å². The Bertz CT molecular complexity index is 1330. The fourth-order valence-electron chi connectivity index (χ4n) is 5.10. The minimum absolute atomic E-state index is 0.193. The first-order chi connectivity index (χ1) is 16.0. The number of rotatable bonds is 4. The van der Waals surface area contributed by atoms with Crippen molar-refractivity contribution >= 4 is 22.4 Å². The summed E-state index contributed by atoms with van der Waals surface area (Å²) in [6, 6.07) is 11.4. The molecular weight excluding hydrogens is 422 g/mol. The number of benzene rings is 1. The molecule has 0 bridgehead atoms. The fraction of sp³-hybridized carbons (Fsp3) is 0.400. The van der Waals surface area contributed by atoms with E-state index >= 15 is 0 Å². The summed E-state index contributed by atoms with van der Waals surface area (Å²) in [5, 5.41) is 8.52. The minimum Gasteiger partial charge on any atom is -0.344 e. The summed E-state index contributed by atoms with van der Waals surface area (Å²) in [5.74, 6) is -2.58. The van der Waals surface area contributed by atoms with E-state index in [1.54, 1.807) is 10.7 Å². The molecule has 1 saturated heterocycles. The lowest BCUT2D eigenvalue weighted by Crippen LogP contribution is -2.58. The number of nitrogens with one attached hydrogen (secondary N) is 1. The van der Waals surface area contributed by atoms with E-state index in [9.17, 15) is 8.78 Å². The molecule has 0 spiro atoms. The van der Waals surface area contributed by atoms with Gasteiger partial charge in [0.25, 0.3) is 5.92 Å². The van der Waals surface area contributed by atoms with Crippen molar-refractivity contribution in [3.8, 4) is 11.1 Å². The zero-order chi connectivity index (χ0) is 22.6. The van der Waals surface area contributed by atoms with Crippen molar-refractivity contribution < 1.29 is 8.78 Å². The van der Waals surface area contributed by atoms with Crippen LogP contribution in [0.3, 0.4) is 0 Å². The van der Waals surface area contributed by atoms with E-state index in [1.165, 1.54) is 0 Å². The van der Waals surface area contributed by atoms with Crippen LogP contribution in [0.4, 0.5) is 14.7 Å². The van der Waals surface area contributed by atoms with Gasteiger partial charge in [-0.25, -0.2) is 18.3 Å². The van der Waals surface area contributed by atoms with E-state index in [0.717, 1.165) is 52.5 Å². The molecule has 0 radical (unpaired) electrons. The normalized spacial score (nSPS) is 21.4. The molecule has 1 saturated carbocycles. The number of halogens is 2. The van der Waals surface area contributed by atoms with Crippen LogP contribution in [0.1, 0.15) is 31.4 Å². The minimum atomic E-state index is -2.82. The summed E-state index contributed by atoms with van der Waals surface area (Å²) in [6.07, 6.45) is 7.24. The highest BCUT2D eigenvalue weighted by atomic mass is 19.3. The van der Waals surface area contributed by atoms with Gasteiger partial charge in [0.15, 0.2) is 0 Å². The molecule has 1 N–H and O–H groups in total. The standard InChI is InChI=1S/C25H26F2N6/c1-16-23-20(17-7-8-21-18(14-17)4-3-11-28-21)9-13-33(23)31-24(29-16)30-22-10-12-32(15-25(22,26)27)19-5-2-6-19/h3-4,7-9,11,13-14,19,22H,2,5-6,10,12,15H2,1H3,(H,30,31). The number of piperidine rings is 1. The lowest BCUT2D eigenvalue weighted by atomic mass is 9.88. The Labute approximate surface area is 190 Å². The average Bonchev–Trinajstić information content (AvgIpc) is 3.18. The van der Waals surface area contributed by atoms with Crippen molar-refractivity contribution in [2.24, 2.45) is 0 Å². The van der Waals surface area contributed by atoms with Crippen molar-refractivity contribution in [1.29, 1.82) is 0 Å². The smallest absolute Gasteiger partial charge is 0.280 e. The van der Waals surface area contributed by atoms with E-state index in [4.69, 9.17) is 0 Å². The number of alkyl halides is 2. The van der Waals surface area contributed by atoms with Gasteiger partial charge < -0.3 is 5.32 Å². The molecule has 33 heavy (non-hydrogen) atoms. The number of nitrogens with zero attached hydrogens (tertiary/aromatic N) is 5. The molecule has 1 atom stereocenters. The zero-order valence-electron chi connectivity index (χ0n) is 18.5. The Morgan fingerprint density at radius 2 is 2.00 bits per heavy atom. The van der Waals surface area contributed by atoms with Gasteiger partial charge in [-0.3, -0.25) is 9.88 Å². The summed E-state index contributed by atoms with van der Waals surface area (Å²) in [7, 11) is 0. The number of hydrogen-bond acceptors (Lipinski definition) is 5. The van der Waals surface area contributed by atoms with Crippen molar-refractivity contribution in [2.75, 3.05) is 18.4 Å². The molecule has 1 unspecified atom stereocenters. The number of hydrogen-bond donors (Lipinski definition) is 1. The van der Waals surface area contributed by atoms with Crippen LogP contribution in [-0.4, -0.2) is 55.6 Å². The van der Waals surface area contributed by atoms with Gasteiger partial charge in [-0.2, -0.15) is 0 Å². The molecule has 2 fully saturated rings. The highest BCUT2D eigenvalue weighted by Crippen LogP contribution is 2.35. The molecule has 0 amide bonds. The van der Waals surface area contributed by atoms with Crippen LogP contribution in [0.25, 0.3) is 27.5 Å². The molecule has 6 nitrogen and oxygen atoms in total. The molecule has 4 aromatic rings. The van der Waals surface area contributed by atoms with Gasteiger partial charge in [0.05, 0.1) is 29.3 Å². The van der Waals surface area contributed by atoms with Gasteiger partial charge in [0.1, 0.15) is 0 Å². The molecule has 3 aromatic heterocycles. The van der Waals surface area contributed by atoms with E-state index < -0.39 is 12.0 Å². The number of pyridine rings is 1. The maximum absolute atomic E-state index is 14.9. The molecule has 1 aliphatic carbocycles. The Morgan fingerprint density at radius 1 is 1.12 bits per heavy atom. The van der Waals surface area contributed by atoms with Gasteiger partial charge in [0.2, 0.25) is 5.95 Å². The second-order valence-electron chi connectivity index (χ2n) is 9.26. The molecule has 2 aliphatic rings. The van der Waals surface area contributed by atoms with E-state index in [1.807, 2.05) is 48.4 Å². The number of fused-ring (bicyclic) bond motifs is 2. The van der Waals surface area contributed by atoms with Crippen LogP contribution < -0.4 is 5.32 Å². The van der Waals surface area contributed by atoms with Gasteiger partial charge in [-0.15, -0.1) is 5.10 Å². The summed E-state index contributed by atoms with van der Waals surface area (Å²) in [5.41, 5.74) is 4.60. The van der Waals surface area contributed by atoms with E-state index in [0.29, 0.717) is 19.0 Å². The number of likely N-dealkylation sites (tertiary alicyclic amines) is 1. The third kappa shape index (κ3) is 3.62. The molecule has 8 heteroatoms. The number of aryl methyl sites for hydroxylation is 1. The Hall–Kier alpha value is -3.13. The van der Waals surface area contributed by atoms with Crippen molar-refractivity contribution in [2.45, 2.75) is 50.6 Å². The van der Waals surface area contributed by atoms with Crippen LogP contribution in [0.2, 0.25) is 0 Å². The highest BCUT2D eigenvalue weighted by Gasteiger charge is 2.47. The van der Waals surface area contributed by atoms with Crippen LogP contribution in [-0.2, 0) is 0 Å². The first-order valence-corrected chi connectivity index (χ1v) is 11.6. The van der Waals surface area contributed by atoms with Gasteiger partial charge >= 0.3 is 0 Å². The van der Waals surface area contributed by atoms with Gasteiger partial charge in [-0.05, 0) is 56.0 Å². The topological polar surface area (TPSA) is 58.4 Å². The molecule has 6 rings (SSSR count). The number of aromatic nitrogens is 4. The third-order valence-electron chi connectivity index (χ3n) is 7.12. The SMILES string of the molecule is Cc1nc(NC2CCN(C3CCC3)CC2(F)F)nn2ccc(-c3ccc4ncccc4c3)c12. The summed E-state index contributed by atoms with van der Waals surface area (Å²) >= 11 is 0. The largest absolute Gasteiger partial charge is 0.344 e. The second-order valence-corrected chi connectivity index (χ2v) is 9.26. The summed E-state index contributed by atoms with van der Waals surface area (Å²) in [4.78, 5) is 10.9.